The quantitative estimate of drug-likeness (QED) is 0.539. The molecule has 1 saturated carbocycles. The zero-order chi connectivity index (χ0) is 23.9. The van der Waals surface area contributed by atoms with Crippen molar-refractivity contribution in [2.24, 2.45) is 0 Å². The number of carbonyl (C=O) groups is 2. The molecule has 2 N–H and O–H groups in total. The number of para-hydroxylation sites is 1. The lowest BCUT2D eigenvalue weighted by Gasteiger charge is -2.35. The highest BCUT2D eigenvalue weighted by Crippen LogP contribution is 2.51. The molecule has 1 aliphatic heterocycles. The van der Waals surface area contributed by atoms with Crippen molar-refractivity contribution in [1.29, 1.82) is 0 Å². The number of piperazine rings is 1. The van der Waals surface area contributed by atoms with Gasteiger partial charge in [0.15, 0.2) is 0 Å². The van der Waals surface area contributed by atoms with Gasteiger partial charge in [-0.2, -0.15) is 0 Å². The van der Waals surface area contributed by atoms with Crippen LogP contribution in [0.15, 0.2) is 48.7 Å². The highest BCUT2D eigenvalue weighted by atomic mass is 35.5. The number of carbonyl (C=O) groups excluding carboxylic acids is 2. The second-order valence-corrected chi connectivity index (χ2v) is 10.3. The predicted molar refractivity (Wildman–Crippen MR) is 135 cm³/mol. The van der Waals surface area contributed by atoms with E-state index < -0.39 is 11.5 Å². The van der Waals surface area contributed by atoms with Gasteiger partial charge in [0.05, 0.1) is 5.41 Å². The van der Waals surface area contributed by atoms with Gasteiger partial charge < -0.3 is 20.1 Å². The largest absolute Gasteiger partial charge is 0.361 e. The molecule has 0 bridgehead atoms. The molecule has 1 saturated heterocycles. The van der Waals surface area contributed by atoms with E-state index in [0.29, 0.717) is 42.4 Å². The van der Waals surface area contributed by atoms with Gasteiger partial charge >= 0.3 is 0 Å². The minimum atomic E-state index is -0.706. The molecule has 6 nitrogen and oxygen atoms in total. The van der Waals surface area contributed by atoms with E-state index in [2.05, 4.69) is 22.2 Å². The minimum Gasteiger partial charge on any atom is -0.361 e. The third-order valence-corrected chi connectivity index (χ3v) is 7.70. The monoisotopic (exact) mass is 498 g/mol. The van der Waals surface area contributed by atoms with Crippen molar-refractivity contribution in [2.45, 2.75) is 30.7 Å². The number of halogens is 2. The minimum absolute atomic E-state index is 0.0373. The van der Waals surface area contributed by atoms with Crippen LogP contribution in [-0.2, 0) is 21.4 Å². The first-order valence-corrected chi connectivity index (χ1v) is 12.4. The Morgan fingerprint density at radius 2 is 1.82 bits per heavy atom. The van der Waals surface area contributed by atoms with E-state index in [4.69, 9.17) is 23.2 Å². The Kier molecular flexibility index (Phi) is 6.32. The molecule has 1 atom stereocenters. The van der Waals surface area contributed by atoms with Crippen LogP contribution in [0.5, 0.6) is 0 Å². The summed E-state index contributed by atoms with van der Waals surface area (Å²) in [7, 11) is 2.06. The fourth-order valence-corrected chi connectivity index (χ4v) is 5.47. The highest BCUT2D eigenvalue weighted by molar-refractivity contribution is 6.35. The van der Waals surface area contributed by atoms with E-state index in [9.17, 15) is 9.59 Å². The number of H-pyrrole nitrogens is 1. The zero-order valence-corrected chi connectivity index (χ0v) is 20.6. The predicted octanol–water partition coefficient (Wildman–Crippen LogP) is 4.01. The van der Waals surface area contributed by atoms with E-state index in [1.165, 1.54) is 0 Å². The van der Waals surface area contributed by atoms with Gasteiger partial charge in [-0.25, -0.2) is 0 Å². The van der Waals surface area contributed by atoms with Crippen molar-refractivity contribution in [3.05, 3.63) is 69.8 Å². The molecule has 0 spiro atoms. The summed E-state index contributed by atoms with van der Waals surface area (Å²) < 4.78 is 0. The SMILES string of the molecule is CN1CCN(C(=O)C(Cc2c[nH]c3ccccc23)NC(=O)C2(c3ccc(Cl)cc3Cl)CC2)CC1. The summed E-state index contributed by atoms with van der Waals surface area (Å²) in [6.45, 7) is 2.96. The smallest absolute Gasteiger partial charge is 0.245 e. The summed E-state index contributed by atoms with van der Waals surface area (Å²) in [4.78, 5) is 34.6. The van der Waals surface area contributed by atoms with E-state index >= 15 is 0 Å². The third-order valence-electron chi connectivity index (χ3n) is 7.15. The Bertz CT molecular complexity index is 1230. The lowest BCUT2D eigenvalue weighted by Crippen LogP contribution is -2.56. The van der Waals surface area contributed by atoms with E-state index in [1.54, 1.807) is 12.1 Å². The molecule has 34 heavy (non-hydrogen) atoms. The van der Waals surface area contributed by atoms with Crippen LogP contribution in [0.2, 0.25) is 10.0 Å². The van der Waals surface area contributed by atoms with Crippen molar-refractivity contribution in [3.8, 4) is 0 Å². The molecule has 178 valence electrons. The first kappa shape index (κ1) is 23.2. The van der Waals surface area contributed by atoms with Crippen molar-refractivity contribution >= 4 is 45.9 Å². The number of hydrogen-bond donors (Lipinski definition) is 2. The van der Waals surface area contributed by atoms with Crippen LogP contribution in [0.4, 0.5) is 0 Å². The van der Waals surface area contributed by atoms with E-state index in [-0.39, 0.29) is 11.8 Å². The number of nitrogens with one attached hydrogen (secondary N) is 2. The molecule has 5 rings (SSSR count). The maximum atomic E-state index is 13.6. The molecule has 3 aromatic rings. The highest BCUT2D eigenvalue weighted by Gasteiger charge is 2.53. The summed E-state index contributed by atoms with van der Waals surface area (Å²) in [6, 6.07) is 12.6. The average molecular weight is 499 g/mol. The number of nitrogens with zero attached hydrogens (tertiary/aromatic N) is 2. The Balaban J connectivity index is 1.42. The number of aromatic amines is 1. The number of aromatic nitrogens is 1. The Morgan fingerprint density at radius 1 is 1.09 bits per heavy atom. The Labute approximate surface area is 209 Å². The summed E-state index contributed by atoms with van der Waals surface area (Å²) >= 11 is 12.5. The molecular formula is C26H28Cl2N4O2. The Morgan fingerprint density at radius 3 is 2.53 bits per heavy atom. The maximum Gasteiger partial charge on any atom is 0.245 e. The van der Waals surface area contributed by atoms with Gasteiger partial charge in [-0.15, -0.1) is 0 Å². The van der Waals surface area contributed by atoms with Crippen LogP contribution in [0.25, 0.3) is 10.9 Å². The van der Waals surface area contributed by atoms with Crippen LogP contribution in [-0.4, -0.2) is 65.9 Å². The molecule has 2 heterocycles. The van der Waals surface area contributed by atoms with Crippen molar-refractivity contribution < 1.29 is 9.59 Å². The molecule has 2 fully saturated rings. The van der Waals surface area contributed by atoms with Gasteiger partial charge in [-0.05, 0) is 49.2 Å². The molecule has 2 aromatic carbocycles. The number of fused-ring (bicyclic) bond motifs is 1. The number of amides is 2. The standard InChI is InChI=1S/C26H28Cl2N4O2/c1-31-10-12-32(13-11-31)24(33)23(14-17-16-29-22-5-3-2-4-19(17)22)30-25(34)26(8-9-26)20-7-6-18(27)15-21(20)28/h2-7,15-16,23,29H,8-14H2,1H3,(H,30,34). The lowest BCUT2D eigenvalue weighted by atomic mass is 9.93. The second-order valence-electron chi connectivity index (χ2n) is 9.42. The Hall–Kier alpha value is -2.54. The van der Waals surface area contributed by atoms with Crippen LogP contribution in [0.1, 0.15) is 24.0 Å². The van der Waals surface area contributed by atoms with Gasteiger partial charge in [0.25, 0.3) is 0 Å². The van der Waals surface area contributed by atoms with E-state index in [0.717, 1.165) is 35.1 Å². The van der Waals surface area contributed by atoms with Crippen molar-refractivity contribution in [1.82, 2.24) is 20.1 Å². The van der Waals surface area contributed by atoms with E-state index in [1.807, 2.05) is 41.4 Å². The van der Waals surface area contributed by atoms with Gasteiger partial charge in [0.1, 0.15) is 6.04 Å². The normalized spacial score (nSPS) is 18.6. The molecule has 1 unspecified atom stereocenters. The summed E-state index contributed by atoms with van der Waals surface area (Å²) in [5.74, 6) is -0.186. The number of likely N-dealkylation sites (N-methyl/N-ethyl adjacent to an activating group) is 1. The molecule has 1 aromatic heterocycles. The summed E-state index contributed by atoms with van der Waals surface area (Å²) in [5.41, 5.74) is 2.09. The van der Waals surface area contributed by atoms with Gasteiger partial charge in [0.2, 0.25) is 11.8 Å². The second kappa shape index (κ2) is 9.25. The summed E-state index contributed by atoms with van der Waals surface area (Å²) in [6.07, 6.45) is 3.75. The van der Waals surface area contributed by atoms with Crippen molar-refractivity contribution in [2.75, 3.05) is 33.2 Å². The summed E-state index contributed by atoms with van der Waals surface area (Å²) in [5, 5.41) is 5.21. The average Bonchev–Trinajstić information content (AvgIpc) is 3.53. The van der Waals surface area contributed by atoms with Crippen molar-refractivity contribution in [3.63, 3.8) is 0 Å². The van der Waals surface area contributed by atoms with Gasteiger partial charge in [0, 0.05) is 59.7 Å². The number of hydrogen-bond acceptors (Lipinski definition) is 3. The van der Waals surface area contributed by atoms with Crippen LogP contribution >= 0.6 is 23.2 Å². The molecular weight excluding hydrogens is 471 g/mol. The van der Waals surface area contributed by atoms with Gasteiger partial charge in [-0.1, -0.05) is 47.5 Å². The fourth-order valence-electron chi connectivity index (χ4n) is 4.89. The first-order valence-electron chi connectivity index (χ1n) is 11.7. The van der Waals surface area contributed by atoms with Crippen LogP contribution in [0, 0.1) is 0 Å². The molecule has 0 radical (unpaired) electrons. The first-order chi connectivity index (χ1) is 16.4. The zero-order valence-electron chi connectivity index (χ0n) is 19.1. The van der Waals surface area contributed by atoms with Crippen LogP contribution < -0.4 is 5.32 Å². The molecule has 8 heteroatoms. The number of rotatable bonds is 6. The lowest BCUT2D eigenvalue weighted by molar-refractivity contribution is -0.138. The molecule has 2 aliphatic rings. The third kappa shape index (κ3) is 4.42. The fraction of sp³-hybridized carbons (Fsp3) is 0.385. The molecule has 1 aliphatic carbocycles. The maximum absolute atomic E-state index is 13.6. The molecule has 2 amide bonds. The van der Waals surface area contributed by atoms with Gasteiger partial charge in [-0.3, -0.25) is 9.59 Å². The topological polar surface area (TPSA) is 68.4 Å². The number of benzene rings is 2. The van der Waals surface area contributed by atoms with Crippen LogP contribution in [0.3, 0.4) is 0 Å².